The fraction of sp³-hybridized carbons (Fsp3) is 0.714. The van der Waals surface area contributed by atoms with Gasteiger partial charge in [-0.3, -0.25) is 9.78 Å². The van der Waals surface area contributed by atoms with Crippen LogP contribution < -0.4 is 5.32 Å². The van der Waals surface area contributed by atoms with Gasteiger partial charge in [0, 0.05) is 30.3 Å². The molecular formula is C21H38N2O. The zero-order valence-corrected chi connectivity index (χ0v) is 16.6. The summed E-state index contributed by atoms with van der Waals surface area (Å²) in [5, 5.41) is 3.14. The lowest BCUT2D eigenvalue weighted by Crippen LogP contribution is -2.39. The molecule has 1 heterocycles. The number of carbonyl (C=O) groups is 1. The summed E-state index contributed by atoms with van der Waals surface area (Å²) in [6.07, 6.45) is 8.40. The third-order valence-corrected chi connectivity index (χ3v) is 3.94. The molecule has 1 aromatic rings. The zero-order chi connectivity index (χ0) is 18.4. The van der Waals surface area contributed by atoms with Crippen LogP contribution in [-0.4, -0.2) is 16.9 Å². The second kappa shape index (κ2) is 14.0. The van der Waals surface area contributed by atoms with Gasteiger partial charge in [-0.05, 0) is 37.8 Å². The summed E-state index contributed by atoms with van der Waals surface area (Å²) >= 11 is 0. The second-order valence-electron chi connectivity index (χ2n) is 6.61. The number of nitrogens with zero attached hydrogens (tertiary/aromatic N) is 1. The summed E-state index contributed by atoms with van der Waals surface area (Å²) in [4.78, 5) is 16.5. The molecule has 0 aliphatic heterocycles. The largest absolute Gasteiger partial charge is 0.353 e. The van der Waals surface area contributed by atoms with Crippen LogP contribution in [0.15, 0.2) is 24.4 Å². The molecule has 1 aromatic heterocycles. The highest BCUT2D eigenvalue weighted by Crippen LogP contribution is 2.28. The maximum Gasteiger partial charge on any atom is 0.223 e. The van der Waals surface area contributed by atoms with Crippen LogP contribution in [0.3, 0.4) is 0 Å². The molecule has 0 saturated heterocycles. The Morgan fingerprint density at radius 2 is 1.96 bits per heavy atom. The average Bonchev–Trinajstić information content (AvgIpc) is 2.58. The van der Waals surface area contributed by atoms with Gasteiger partial charge in [-0.1, -0.05) is 59.9 Å². The van der Waals surface area contributed by atoms with E-state index in [-0.39, 0.29) is 17.9 Å². The molecule has 3 heteroatoms. The molecule has 0 radical (unpaired) electrons. The predicted octanol–water partition coefficient (Wildman–Crippen LogP) is 5.40. The van der Waals surface area contributed by atoms with E-state index in [1.165, 1.54) is 19.3 Å². The summed E-state index contributed by atoms with van der Waals surface area (Å²) in [7, 11) is 0. The van der Waals surface area contributed by atoms with Crippen LogP contribution in [0.25, 0.3) is 0 Å². The molecule has 3 nitrogen and oxygen atoms in total. The van der Waals surface area contributed by atoms with Gasteiger partial charge in [-0.25, -0.2) is 0 Å². The van der Waals surface area contributed by atoms with Gasteiger partial charge in [-0.15, -0.1) is 0 Å². The molecule has 2 rings (SSSR count). The van der Waals surface area contributed by atoms with E-state index in [1.54, 1.807) is 6.20 Å². The SMILES string of the molecule is CC.CC(Cc1ccccn1)NC(=O)[C@H]1CCC[C@@H](C)C1.CCC. The van der Waals surface area contributed by atoms with Crippen LogP contribution in [0, 0.1) is 11.8 Å². The van der Waals surface area contributed by atoms with Crippen LogP contribution in [0.2, 0.25) is 0 Å². The summed E-state index contributed by atoms with van der Waals surface area (Å²) in [6, 6.07) is 6.06. The Morgan fingerprint density at radius 1 is 1.29 bits per heavy atom. The minimum Gasteiger partial charge on any atom is -0.353 e. The van der Waals surface area contributed by atoms with Crippen molar-refractivity contribution >= 4 is 5.91 Å². The highest BCUT2D eigenvalue weighted by molar-refractivity contribution is 5.79. The van der Waals surface area contributed by atoms with Gasteiger partial charge in [0.05, 0.1) is 0 Å². The van der Waals surface area contributed by atoms with E-state index in [9.17, 15) is 4.79 Å². The van der Waals surface area contributed by atoms with Crippen molar-refractivity contribution in [2.75, 3.05) is 0 Å². The van der Waals surface area contributed by atoms with Crippen LogP contribution in [-0.2, 0) is 11.2 Å². The first-order valence-electron chi connectivity index (χ1n) is 9.77. The third kappa shape index (κ3) is 9.69. The number of nitrogens with one attached hydrogen (secondary N) is 1. The van der Waals surface area contributed by atoms with Crippen molar-refractivity contribution in [2.45, 2.75) is 86.1 Å². The molecule has 24 heavy (non-hydrogen) atoms. The zero-order valence-electron chi connectivity index (χ0n) is 16.6. The van der Waals surface area contributed by atoms with Gasteiger partial charge in [-0.2, -0.15) is 0 Å². The molecule has 1 saturated carbocycles. The molecule has 1 amide bonds. The third-order valence-electron chi connectivity index (χ3n) is 3.94. The molecule has 1 aliphatic rings. The summed E-state index contributed by atoms with van der Waals surface area (Å²) in [5.41, 5.74) is 1.03. The number of amides is 1. The van der Waals surface area contributed by atoms with E-state index in [2.05, 4.69) is 38.0 Å². The quantitative estimate of drug-likeness (QED) is 0.801. The molecule has 1 unspecified atom stereocenters. The summed E-state index contributed by atoms with van der Waals surface area (Å²) in [5.74, 6) is 1.14. The van der Waals surface area contributed by atoms with Gasteiger partial charge in [0.15, 0.2) is 0 Å². The predicted molar refractivity (Wildman–Crippen MR) is 104 cm³/mol. The topological polar surface area (TPSA) is 42.0 Å². The Labute approximate surface area is 149 Å². The Morgan fingerprint density at radius 3 is 2.50 bits per heavy atom. The van der Waals surface area contributed by atoms with Crippen molar-refractivity contribution in [1.82, 2.24) is 10.3 Å². The van der Waals surface area contributed by atoms with Gasteiger partial charge >= 0.3 is 0 Å². The maximum atomic E-state index is 12.2. The number of rotatable bonds is 4. The van der Waals surface area contributed by atoms with Crippen LogP contribution in [0.5, 0.6) is 0 Å². The number of pyridine rings is 1. The van der Waals surface area contributed by atoms with Crippen LogP contribution >= 0.6 is 0 Å². The van der Waals surface area contributed by atoms with E-state index in [0.717, 1.165) is 25.0 Å². The Hall–Kier alpha value is -1.38. The minimum absolute atomic E-state index is 0.152. The molecular weight excluding hydrogens is 296 g/mol. The molecule has 1 aliphatic carbocycles. The van der Waals surface area contributed by atoms with Crippen molar-refractivity contribution < 1.29 is 4.79 Å². The molecule has 0 bridgehead atoms. The average molecular weight is 335 g/mol. The highest BCUT2D eigenvalue weighted by atomic mass is 16.1. The van der Waals surface area contributed by atoms with Gasteiger partial charge in [0.1, 0.15) is 0 Å². The minimum atomic E-state index is 0.152. The van der Waals surface area contributed by atoms with E-state index in [1.807, 2.05) is 32.0 Å². The van der Waals surface area contributed by atoms with Crippen LogP contribution in [0.4, 0.5) is 0 Å². The molecule has 138 valence electrons. The Balaban J connectivity index is 0.000000952. The molecule has 1 N–H and O–H groups in total. The maximum absolute atomic E-state index is 12.2. The lowest BCUT2D eigenvalue weighted by Gasteiger charge is -2.27. The van der Waals surface area contributed by atoms with Crippen molar-refractivity contribution in [3.63, 3.8) is 0 Å². The van der Waals surface area contributed by atoms with Gasteiger partial charge in [0.2, 0.25) is 5.91 Å². The van der Waals surface area contributed by atoms with E-state index in [0.29, 0.717) is 5.92 Å². The van der Waals surface area contributed by atoms with Crippen molar-refractivity contribution in [3.05, 3.63) is 30.1 Å². The number of hydrogen-bond acceptors (Lipinski definition) is 2. The highest BCUT2D eigenvalue weighted by Gasteiger charge is 2.25. The molecule has 1 fully saturated rings. The fourth-order valence-electron chi connectivity index (χ4n) is 2.92. The van der Waals surface area contributed by atoms with E-state index in [4.69, 9.17) is 0 Å². The van der Waals surface area contributed by atoms with Crippen molar-refractivity contribution in [3.8, 4) is 0 Å². The van der Waals surface area contributed by atoms with Crippen molar-refractivity contribution in [2.24, 2.45) is 11.8 Å². The van der Waals surface area contributed by atoms with Crippen molar-refractivity contribution in [1.29, 1.82) is 0 Å². The lowest BCUT2D eigenvalue weighted by atomic mass is 9.82. The smallest absolute Gasteiger partial charge is 0.223 e. The van der Waals surface area contributed by atoms with E-state index < -0.39 is 0 Å². The summed E-state index contributed by atoms with van der Waals surface area (Å²) < 4.78 is 0. The van der Waals surface area contributed by atoms with E-state index >= 15 is 0 Å². The van der Waals surface area contributed by atoms with Gasteiger partial charge < -0.3 is 5.32 Å². The normalized spacial score (nSPS) is 20.6. The molecule has 3 atom stereocenters. The summed E-state index contributed by atoms with van der Waals surface area (Å²) in [6.45, 7) is 12.6. The first kappa shape index (κ1) is 22.6. The Bertz CT molecular complexity index is 419. The fourth-order valence-corrected chi connectivity index (χ4v) is 2.92. The second-order valence-corrected chi connectivity index (χ2v) is 6.61. The lowest BCUT2D eigenvalue weighted by molar-refractivity contribution is -0.127. The number of hydrogen-bond donors (Lipinski definition) is 1. The first-order chi connectivity index (χ1) is 11.6. The first-order valence-corrected chi connectivity index (χ1v) is 9.77. The standard InChI is InChI=1S/C16H24N2O.C3H8.C2H6/c1-12-6-5-7-14(10-12)16(19)18-13(2)11-15-8-3-4-9-17-15;1-3-2;1-2/h3-4,8-9,12-14H,5-7,10-11H2,1-2H3,(H,18,19);3H2,1-2H3;1-2H3/t12-,13?,14+;;/m1../s1. The monoisotopic (exact) mass is 334 g/mol. The Kier molecular flexibility index (Phi) is 13.2. The molecule has 0 spiro atoms. The number of aromatic nitrogens is 1. The number of carbonyl (C=O) groups excluding carboxylic acids is 1. The molecule has 0 aromatic carbocycles. The van der Waals surface area contributed by atoms with Gasteiger partial charge in [0.25, 0.3) is 0 Å². The van der Waals surface area contributed by atoms with Crippen LogP contribution in [0.1, 0.15) is 79.3 Å².